The molecule has 0 saturated heterocycles. The first-order chi connectivity index (χ1) is 8.22. The second-order valence-corrected chi connectivity index (χ2v) is 4.15. The average molecular weight is 236 g/mol. The number of carbonyl (C=O) groups is 1. The van der Waals surface area contributed by atoms with Crippen molar-refractivity contribution in [2.75, 3.05) is 19.5 Å². The average Bonchev–Trinajstić information content (AvgIpc) is 3.14. The summed E-state index contributed by atoms with van der Waals surface area (Å²) >= 11 is 0. The summed E-state index contributed by atoms with van der Waals surface area (Å²) in [7, 11) is 1.32. The molecule has 1 aromatic rings. The van der Waals surface area contributed by atoms with Crippen molar-refractivity contribution in [1.29, 1.82) is 0 Å². The van der Waals surface area contributed by atoms with Crippen LogP contribution in [-0.2, 0) is 4.74 Å². The molecular weight excluding hydrogens is 220 g/mol. The molecule has 1 aliphatic carbocycles. The normalized spacial score (nSPS) is 14.4. The molecule has 0 radical (unpaired) electrons. The van der Waals surface area contributed by atoms with Gasteiger partial charge in [0.2, 0.25) is 5.88 Å². The fourth-order valence-corrected chi connectivity index (χ4v) is 1.59. The molecule has 1 aromatic heterocycles. The molecule has 1 aliphatic rings. The number of carbonyl (C=O) groups excluding carboxylic acids is 1. The number of hydrogen-bond acceptors (Lipinski definition) is 5. The molecule has 2 N–H and O–H groups in total. The van der Waals surface area contributed by atoms with Gasteiger partial charge in [0, 0.05) is 6.20 Å². The predicted molar refractivity (Wildman–Crippen MR) is 62.8 cm³/mol. The standard InChI is InChI=1S/C12H16N2O3/c1-16-12(15)9-4-6-14-11(10(9)13)17-7-5-8-2-3-8/h4,6,8H,2-3,5,7,13H2,1H3. The third-order valence-electron chi connectivity index (χ3n) is 2.82. The van der Waals surface area contributed by atoms with Gasteiger partial charge in [-0.25, -0.2) is 9.78 Å². The van der Waals surface area contributed by atoms with Crippen LogP contribution in [-0.4, -0.2) is 24.7 Å². The first kappa shape index (κ1) is 11.7. The van der Waals surface area contributed by atoms with E-state index in [0.29, 0.717) is 18.1 Å². The van der Waals surface area contributed by atoms with Crippen molar-refractivity contribution in [1.82, 2.24) is 4.98 Å². The molecule has 17 heavy (non-hydrogen) atoms. The molecule has 1 fully saturated rings. The maximum atomic E-state index is 11.4. The number of esters is 1. The van der Waals surface area contributed by atoms with E-state index in [9.17, 15) is 4.79 Å². The fraction of sp³-hybridized carbons (Fsp3) is 0.500. The number of nitrogen functional groups attached to an aromatic ring is 1. The minimum atomic E-state index is -0.475. The Bertz CT molecular complexity index is 416. The van der Waals surface area contributed by atoms with Crippen LogP contribution in [0.2, 0.25) is 0 Å². The van der Waals surface area contributed by atoms with Crippen LogP contribution < -0.4 is 10.5 Å². The van der Waals surface area contributed by atoms with Gasteiger partial charge in [-0.3, -0.25) is 0 Å². The summed E-state index contributed by atoms with van der Waals surface area (Å²) in [5, 5.41) is 0. The lowest BCUT2D eigenvalue weighted by Gasteiger charge is -2.09. The van der Waals surface area contributed by atoms with Gasteiger partial charge in [-0.05, 0) is 18.4 Å². The van der Waals surface area contributed by atoms with E-state index in [0.717, 1.165) is 12.3 Å². The van der Waals surface area contributed by atoms with Crippen LogP contribution in [0.1, 0.15) is 29.6 Å². The van der Waals surface area contributed by atoms with E-state index in [4.69, 9.17) is 10.5 Å². The topological polar surface area (TPSA) is 74.4 Å². The smallest absolute Gasteiger partial charge is 0.340 e. The van der Waals surface area contributed by atoms with Gasteiger partial charge in [0.15, 0.2) is 0 Å². The van der Waals surface area contributed by atoms with Crippen LogP contribution in [0.15, 0.2) is 12.3 Å². The van der Waals surface area contributed by atoms with Gasteiger partial charge >= 0.3 is 5.97 Å². The van der Waals surface area contributed by atoms with Crippen LogP contribution in [0.5, 0.6) is 5.88 Å². The number of rotatable bonds is 5. The van der Waals surface area contributed by atoms with Crippen molar-refractivity contribution in [3.8, 4) is 5.88 Å². The van der Waals surface area contributed by atoms with Gasteiger partial charge in [0.1, 0.15) is 5.69 Å². The summed E-state index contributed by atoms with van der Waals surface area (Å²) in [4.78, 5) is 15.4. The summed E-state index contributed by atoms with van der Waals surface area (Å²) in [6, 6.07) is 1.52. The van der Waals surface area contributed by atoms with E-state index in [1.807, 2.05) is 0 Å². The molecule has 0 atom stereocenters. The number of ether oxygens (including phenoxy) is 2. The maximum absolute atomic E-state index is 11.4. The zero-order valence-corrected chi connectivity index (χ0v) is 9.81. The van der Waals surface area contributed by atoms with Crippen molar-refractivity contribution in [2.24, 2.45) is 5.92 Å². The largest absolute Gasteiger partial charge is 0.476 e. The monoisotopic (exact) mass is 236 g/mol. The molecule has 1 saturated carbocycles. The van der Waals surface area contributed by atoms with E-state index in [1.54, 1.807) is 0 Å². The quantitative estimate of drug-likeness (QED) is 0.786. The van der Waals surface area contributed by atoms with Crippen LogP contribution in [0.25, 0.3) is 0 Å². The molecule has 0 amide bonds. The van der Waals surface area contributed by atoms with Crippen molar-refractivity contribution in [3.63, 3.8) is 0 Å². The van der Waals surface area contributed by atoms with Gasteiger partial charge in [0.05, 0.1) is 19.3 Å². The minimum Gasteiger partial charge on any atom is -0.476 e. The summed E-state index contributed by atoms with van der Waals surface area (Å²) in [6.45, 7) is 0.590. The van der Waals surface area contributed by atoms with Gasteiger partial charge in [0.25, 0.3) is 0 Å². The Morgan fingerprint density at radius 1 is 1.59 bits per heavy atom. The van der Waals surface area contributed by atoms with Crippen molar-refractivity contribution in [3.05, 3.63) is 17.8 Å². The lowest BCUT2D eigenvalue weighted by molar-refractivity contribution is 0.0601. The third-order valence-corrected chi connectivity index (χ3v) is 2.82. The molecule has 0 bridgehead atoms. The number of aromatic nitrogens is 1. The van der Waals surface area contributed by atoms with Crippen molar-refractivity contribution < 1.29 is 14.3 Å². The highest BCUT2D eigenvalue weighted by molar-refractivity contribution is 5.95. The van der Waals surface area contributed by atoms with E-state index >= 15 is 0 Å². The second-order valence-electron chi connectivity index (χ2n) is 4.15. The summed E-state index contributed by atoms with van der Waals surface area (Å²) in [5.41, 5.74) is 6.34. The van der Waals surface area contributed by atoms with Crippen LogP contribution >= 0.6 is 0 Å². The molecule has 5 nitrogen and oxygen atoms in total. The van der Waals surface area contributed by atoms with E-state index < -0.39 is 5.97 Å². The Labute approximate surface area is 99.9 Å². The number of anilines is 1. The molecule has 0 unspecified atom stereocenters. The lowest BCUT2D eigenvalue weighted by atomic mass is 10.2. The van der Waals surface area contributed by atoms with Gasteiger partial charge in [-0.1, -0.05) is 12.8 Å². The number of hydrogen-bond donors (Lipinski definition) is 1. The Balaban J connectivity index is 2.02. The summed E-state index contributed by atoms with van der Waals surface area (Å²) in [6.07, 6.45) is 5.08. The Morgan fingerprint density at radius 3 is 3.00 bits per heavy atom. The van der Waals surface area contributed by atoms with Gasteiger partial charge < -0.3 is 15.2 Å². The predicted octanol–water partition coefficient (Wildman–Crippen LogP) is 1.63. The van der Waals surface area contributed by atoms with Crippen LogP contribution in [0.4, 0.5) is 5.69 Å². The van der Waals surface area contributed by atoms with Crippen LogP contribution in [0, 0.1) is 5.92 Å². The maximum Gasteiger partial charge on any atom is 0.340 e. The first-order valence-electron chi connectivity index (χ1n) is 5.68. The molecule has 0 spiro atoms. The summed E-state index contributed by atoms with van der Waals surface area (Å²) < 4.78 is 10.1. The highest BCUT2D eigenvalue weighted by Crippen LogP contribution is 2.32. The Kier molecular flexibility index (Phi) is 3.46. The molecule has 92 valence electrons. The summed E-state index contributed by atoms with van der Waals surface area (Å²) in [5.74, 6) is 0.630. The Hall–Kier alpha value is -1.78. The molecule has 5 heteroatoms. The lowest BCUT2D eigenvalue weighted by Crippen LogP contribution is -2.09. The molecular formula is C12H16N2O3. The molecule has 2 rings (SSSR count). The van der Waals surface area contributed by atoms with Gasteiger partial charge in [-0.2, -0.15) is 0 Å². The molecule has 1 heterocycles. The zero-order chi connectivity index (χ0) is 12.3. The van der Waals surface area contributed by atoms with E-state index in [1.165, 1.54) is 32.2 Å². The number of pyridine rings is 1. The molecule has 0 aromatic carbocycles. The molecule has 0 aliphatic heterocycles. The van der Waals surface area contributed by atoms with E-state index in [-0.39, 0.29) is 5.69 Å². The van der Waals surface area contributed by atoms with Crippen LogP contribution in [0.3, 0.4) is 0 Å². The highest BCUT2D eigenvalue weighted by atomic mass is 16.5. The zero-order valence-electron chi connectivity index (χ0n) is 9.81. The second kappa shape index (κ2) is 5.03. The van der Waals surface area contributed by atoms with E-state index in [2.05, 4.69) is 9.72 Å². The number of nitrogens with zero attached hydrogens (tertiary/aromatic N) is 1. The van der Waals surface area contributed by atoms with Crippen molar-refractivity contribution in [2.45, 2.75) is 19.3 Å². The number of methoxy groups -OCH3 is 1. The van der Waals surface area contributed by atoms with Crippen molar-refractivity contribution >= 4 is 11.7 Å². The first-order valence-corrected chi connectivity index (χ1v) is 5.68. The third kappa shape index (κ3) is 2.87. The minimum absolute atomic E-state index is 0.246. The highest BCUT2D eigenvalue weighted by Gasteiger charge is 2.21. The van der Waals surface area contributed by atoms with Gasteiger partial charge in [-0.15, -0.1) is 0 Å². The number of nitrogens with two attached hydrogens (primary N) is 1. The Morgan fingerprint density at radius 2 is 2.35 bits per heavy atom. The SMILES string of the molecule is COC(=O)c1ccnc(OCCC2CC2)c1N. The fourth-order valence-electron chi connectivity index (χ4n) is 1.59.